The van der Waals surface area contributed by atoms with Gasteiger partial charge in [-0.15, -0.1) is 0 Å². The van der Waals surface area contributed by atoms with Gasteiger partial charge in [0, 0.05) is 12.0 Å². The van der Waals surface area contributed by atoms with Gasteiger partial charge in [0.05, 0.1) is 13.2 Å². The Morgan fingerprint density at radius 1 is 1.04 bits per heavy atom. The molecule has 0 radical (unpaired) electrons. The summed E-state index contributed by atoms with van der Waals surface area (Å²) < 4.78 is 48.0. The van der Waals surface area contributed by atoms with E-state index in [0.29, 0.717) is 5.56 Å². The van der Waals surface area contributed by atoms with Gasteiger partial charge >= 0.3 is 18.1 Å². The number of halogens is 3. The van der Waals surface area contributed by atoms with Gasteiger partial charge in [0.2, 0.25) is 0 Å². The minimum Gasteiger partial charge on any atom is -0.465 e. The molecule has 0 aliphatic heterocycles. The average molecular weight is 358 g/mol. The third kappa shape index (κ3) is 5.34. The van der Waals surface area contributed by atoms with Gasteiger partial charge in [0.25, 0.3) is 0 Å². The molecule has 0 N–H and O–H groups in total. The SMILES string of the molecule is CCOC(=O)C(C)(C(=O)OCC)C(/C=C/C(F)(F)F)c1ccccc1. The van der Waals surface area contributed by atoms with E-state index >= 15 is 0 Å². The molecule has 0 aliphatic rings. The maximum atomic E-state index is 12.7. The number of carbonyl (C=O) groups is 2. The Morgan fingerprint density at radius 3 is 1.92 bits per heavy atom. The molecular weight excluding hydrogens is 337 g/mol. The van der Waals surface area contributed by atoms with E-state index in [0.717, 1.165) is 6.08 Å². The molecular formula is C18H21F3O4. The second kappa shape index (κ2) is 8.69. The largest absolute Gasteiger partial charge is 0.465 e. The maximum Gasteiger partial charge on any atom is 0.409 e. The topological polar surface area (TPSA) is 52.6 Å². The Balaban J connectivity index is 3.49. The van der Waals surface area contributed by atoms with Crippen LogP contribution in [0.15, 0.2) is 42.5 Å². The fraction of sp³-hybridized carbons (Fsp3) is 0.444. The zero-order chi connectivity index (χ0) is 19.1. The molecule has 1 aromatic carbocycles. The lowest BCUT2D eigenvalue weighted by molar-refractivity contribution is -0.171. The number of alkyl halides is 3. The molecule has 0 saturated carbocycles. The van der Waals surface area contributed by atoms with Crippen LogP contribution in [0.5, 0.6) is 0 Å². The molecule has 0 saturated heterocycles. The average Bonchev–Trinajstić information content (AvgIpc) is 2.55. The Morgan fingerprint density at radius 2 is 1.52 bits per heavy atom. The molecule has 138 valence electrons. The summed E-state index contributed by atoms with van der Waals surface area (Å²) >= 11 is 0. The molecule has 0 bridgehead atoms. The first-order valence-corrected chi connectivity index (χ1v) is 7.82. The van der Waals surface area contributed by atoms with E-state index in [4.69, 9.17) is 9.47 Å². The van der Waals surface area contributed by atoms with Gasteiger partial charge in [0.15, 0.2) is 5.41 Å². The predicted octanol–water partition coefficient (Wildman–Crippen LogP) is 4.02. The fourth-order valence-corrected chi connectivity index (χ4v) is 2.40. The second-order valence-corrected chi connectivity index (χ2v) is 5.43. The van der Waals surface area contributed by atoms with E-state index in [1.54, 1.807) is 44.2 Å². The third-order valence-electron chi connectivity index (χ3n) is 3.66. The van der Waals surface area contributed by atoms with Crippen molar-refractivity contribution in [2.24, 2.45) is 5.41 Å². The Labute approximate surface area is 144 Å². The van der Waals surface area contributed by atoms with Gasteiger partial charge in [-0.3, -0.25) is 9.59 Å². The molecule has 4 nitrogen and oxygen atoms in total. The van der Waals surface area contributed by atoms with Crippen LogP contribution < -0.4 is 0 Å². The Hall–Kier alpha value is -2.31. The van der Waals surface area contributed by atoms with Crippen molar-refractivity contribution in [3.63, 3.8) is 0 Å². The van der Waals surface area contributed by atoms with E-state index in [1.165, 1.54) is 6.92 Å². The summed E-state index contributed by atoms with van der Waals surface area (Å²) in [5, 5.41) is 0. The first kappa shape index (κ1) is 20.7. The highest BCUT2D eigenvalue weighted by Gasteiger charge is 2.51. The zero-order valence-corrected chi connectivity index (χ0v) is 14.3. The van der Waals surface area contributed by atoms with Gasteiger partial charge < -0.3 is 9.47 Å². The Bertz CT molecular complexity index is 590. The fourth-order valence-electron chi connectivity index (χ4n) is 2.40. The number of hydrogen-bond donors (Lipinski definition) is 0. The number of carbonyl (C=O) groups excluding carboxylic acids is 2. The number of allylic oxidation sites excluding steroid dienone is 2. The molecule has 1 aromatic rings. The minimum absolute atomic E-state index is 0.0152. The minimum atomic E-state index is -4.59. The van der Waals surface area contributed by atoms with Crippen molar-refractivity contribution in [3.05, 3.63) is 48.0 Å². The highest BCUT2D eigenvalue weighted by atomic mass is 19.4. The van der Waals surface area contributed by atoms with Crippen LogP contribution in [-0.4, -0.2) is 31.3 Å². The standard InChI is InChI=1S/C18H21F3O4/c1-4-24-15(22)17(3,16(23)25-5-2)14(11-12-18(19,20)21)13-9-7-6-8-10-13/h6-12,14H,4-5H2,1-3H3/b12-11+. The summed E-state index contributed by atoms with van der Waals surface area (Å²) in [4.78, 5) is 25.0. The normalized spacial score (nSPS) is 13.5. The molecule has 1 rings (SSSR count). The zero-order valence-electron chi connectivity index (χ0n) is 14.3. The first-order chi connectivity index (χ1) is 11.7. The third-order valence-corrected chi connectivity index (χ3v) is 3.66. The van der Waals surface area contributed by atoms with Crippen molar-refractivity contribution in [2.45, 2.75) is 32.9 Å². The summed E-state index contributed by atoms with van der Waals surface area (Å²) in [6.07, 6.45) is -3.78. The number of esters is 2. The summed E-state index contributed by atoms with van der Waals surface area (Å²) in [5.41, 5.74) is -1.58. The number of rotatable bonds is 7. The molecule has 0 spiro atoms. The van der Waals surface area contributed by atoms with Crippen LogP contribution in [0.1, 0.15) is 32.3 Å². The van der Waals surface area contributed by atoms with E-state index in [9.17, 15) is 22.8 Å². The number of hydrogen-bond acceptors (Lipinski definition) is 4. The van der Waals surface area contributed by atoms with Crippen LogP contribution in [0.3, 0.4) is 0 Å². The van der Waals surface area contributed by atoms with Gasteiger partial charge in [0.1, 0.15) is 0 Å². The Kier molecular flexibility index (Phi) is 7.21. The first-order valence-electron chi connectivity index (χ1n) is 7.82. The van der Waals surface area contributed by atoms with Crippen molar-refractivity contribution in [1.82, 2.24) is 0 Å². The van der Waals surface area contributed by atoms with Crippen LogP contribution in [-0.2, 0) is 19.1 Å². The van der Waals surface area contributed by atoms with E-state index in [2.05, 4.69) is 0 Å². The molecule has 0 heterocycles. The van der Waals surface area contributed by atoms with Crippen molar-refractivity contribution >= 4 is 11.9 Å². The van der Waals surface area contributed by atoms with Gasteiger partial charge in [-0.05, 0) is 26.3 Å². The molecule has 0 fully saturated rings. The summed E-state index contributed by atoms with van der Waals surface area (Å²) in [6.45, 7) is 4.30. The van der Waals surface area contributed by atoms with E-state index in [1.807, 2.05) is 0 Å². The molecule has 1 atom stereocenters. The van der Waals surface area contributed by atoms with Crippen molar-refractivity contribution in [3.8, 4) is 0 Å². The molecule has 0 aromatic heterocycles. The van der Waals surface area contributed by atoms with Gasteiger partial charge in [-0.2, -0.15) is 13.2 Å². The lowest BCUT2D eigenvalue weighted by atomic mass is 9.73. The van der Waals surface area contributed by atoms with Crippen LogP contribution in [0, 0.1) is 5.41 Å². The molecule has 0 amide bonds. The summed E-state index contributed by atoms with van der Waals surface area (Å²) in [7, 11) is 0. The lowest BCUT2D eigenvalue weighted by Gasteiger charge is -2.32. The smallest absolute Gasteiger partial charge is 0.409 e. The molecule has 7 heteroatoms. The number of benzene rings is 1. The molecule has 25 heavy (non-hydrogen) atoms. The molecule has 1 unspecified atom stereocenters. The van der Waals surface area contributed by atoms with Crippen LogP contribution in [0.2, 0.25) is 0 Å². The second-order valence-electron chi connectivity index (χ2n) is 5.43. The monoisotopic (exact) mass is 358 g/mol. The van der Waals surface area contributed by atoms with Crippen molar-refractivity contribution < 1.29 is 32.2 Å². The van der Waals surface area contributed by atoms with Crippen molar-refractivity contribution in [2.75, 3.05) is 13.2 Å². The van der Waals surface area contributed by atoms with E-state index in [-0.39, 0.29) is 19.3 Å². The van der Waals surface area contributed by atoms with Crippen LogP contribution >= 0.6 is 0 Å². The maximum absolute atomic E-state index is 12.7. The van der Waals surface area contributed by atoms with Gasteiger partial charge in [-0.25, -0.2) is 0 Å². The highest BCUT2D eigenvalue weighted by molar-refractivity contribution is 6.01. The summed E-state index contributed by atoms with van der Waals surface area (Å²) in [6, 6.07) is 7.99. The quantitative estimate of drug-likeness (QED) is 0.420. The van der Waals surface area contributed by atoms with Crippen molar-refractivity contribution in [1.29, 1.82) is 0 Å². The lowest BCUT2D eigenvalue weighted by Crippen LogP contribution is -2.44. The van der Waals surface area contributed by atoms with Gasteiger partial charge in [-0.1, -0.05) is 36.4 Å². The highest BCUT2D eigenvalue weighted by Crippen LogP contribution is 2.40. The molecule has 0 aliphatic carbocycles. The number of ether oxygens (including phenoxy) is 2. The van der Waals surface area contributed by atoms with Crippen LogP contribution in [0.25, 0.3) is 0 Å². The van der Waals surface area contributed by atoms with Crippen LogP contribution in [0.4, 0.5) is 13.2 Å². The predicted molar refractivity (Wildman–Crippen MR) is 85.8 cm³/mol. The summed E-state index contributed by atoms with van der Waals surface area (Å²) in [5.74, 6) is -3.07. The van der Waals surface area contributed by atoms with E-state index < -0.39 is 29.4 Å².